The van der Waals surface area contributed by atoms with Gasteiger partial charge in [0.25, 0.3) is 0 Å². The fourth-order valence-electron chi connectivity index (χ4n) is 2.97. The van der Waals surface area contributed by atoms with E-state index in [4.69, 9.17) is 8.85 Å². The van der Waals surface area contributed by atoms with Crippen LogP contribution in [0.4, 0.5) is 0 Å². The molecular weight excluding hydrogens is 272 g/mol. The molecule has 0 amide bonds. The Morgan fingerprint density at radius 2 is 1.67 bits per heavy atom. The molecule has 0 saturated heterocycles. The summed E-state index contributed by atoms with van der Waals surface area (Å²) in [7, 11) is -1.76. The molecule has 1 fully saturated rings. The Balaban J connectivity index is 2.89. The van der Waals surface area contributed by atoms with Gasteiger partial charge in [-0.05, 0) is 58.2 Å². The first-order valence-corrected chi connectivity index (χ1v) is 15.7. The molecule has 0 aromatic rings. The molecule has 0 aromatic carbocycles. The lowest BCUT2D eigenvalue weighted by molar-refractivity contribution is -0.0633. The van der Waals surface area contributed by atoms with Crippen molar-refractivity contribution in [3.8, 4) is 0 Å². The molecule has 1 aliphatic rings. The van der Waals surface area contributed by atoms with Crippen LogP contribution in [0.5, 0.6) is 0 Å². The highest BCUT2D eigenvalue weighted by Gasteiger charge is 2.45. The lowest BCUT2D eigenvalue weighted by Crippen LogP contribution is -2.55. The van der Waals surface area contributed by atoms with Crippen molar-refractivity contribution < 1.29 is 8.85 Å². The Labute approximate surface area is 119 Å². The van der Waals surface area contributed by atoms with Crippen LogP contribution in [0.1, 0.15) is 25.7 Å². The van der Waals surface area contributed by atoms with Crippen LogP contribution < -0.4 is 0 Å². The minimum atomic E-state index is -1.50. The van der Waals surface area contributed by atoms with Crippen LogP contribution in [-0.2, 0) is 8.85 Å². The van der Waals surface area contributed by atoms with E-state index in [0.717, 1.165) is 0 Å². The van der Waals surface area contributed by atoms with E-state index < -0.39 is 16.6 Å². The number of hydrogen-bond acceptors (Lipinski definition) is 2. The van der Waals surface area contributed by atoms with Gasteiger partial charge in [0.2, 0.25) is 0 Å². The smallest absolute Gasteiger partial charge is 0.184 e. The minimum Gasteiger partial charge on any atom is -0.412 e. The van der Waals surface area contributed by atoms with E-state index in [1.165, 1.54) is 42.0 Å². The molecule has 0 aliphatic heterocycles. The summed E-state index contributed by atoms with van der Waals surface area (Å²) in [5.41, 5.74) is 0.0647. The van der Waals surface area contributed by atoms with Crippen LogP contribution >= 0.6 is 0 Å². The SMILES string of the molecule is C[Si](C)(C)OC1CCCCC1(C[SiH3])O[Si](C)(C)C. The average molecular weight is 305 g/mol. The second-order valence-corrected chi connectivity index (χ2v) is 17.2. The second kappa shape index (κ2) is 5.91. The topological polar surface area (TPSA) is 18.5 Å². The van der Waals surface area contributed by atoms with Crippen molar-refractivity contribution in [2.75, 3.05) is 0 Å². The largest absolute Gasteiger partial charge is 0.412 e. The van der Waals surface area contributed by atoms with E-state index in [2.05, 4.69) is 39.3 Å². The molecule has 0 spiro atoms. The Morgan fingerprint density at radius 1 is 1.06 bits per heavy atom. The Morgan fingerprint density at radius 3 is 2.11 bits per heavy atom. The summed E-state index contributed by atoms with van der Waals surface area (Å²) in [6, 6.07) is 1.23. The van der Waals surface area contributed by atoms with Crippen molar-refractivity contribution >= 4 is 26.9 Å². The molecule has 0 heterocycles. The maximum absolute atomic E-state index is 6.64. The van der Waals surface area contributed by atoms with Crippen LogP contribution in [0.15, 0.2) is 0 Å². The zero-order valence-electron chi connectivity index (χ0n) is 13.4. The summed E-state index contributed by atoms with van der Waals surface area (Å²) in [5.74, 6) is 0. The van der Waals surface area contributed by atoms with Gasteiger partial charge < -0.3 is 8.85 Å². The van der Waals surface area contributed by atoms with Gasteiger partial charge in [-0.15, -0.1) is 0 Å². The van der Waals surface area contributed by atoms with Gasteiger partial charge in [0, 0.05) is 10.2 Å². The molecule has 1 rings (SSSR count). The summed E-state index contributed by atoms with van der Waals surface area (Å²) < 4.78 is 13.1. The van der Waals surface area contributed by atoms with Gasteiger partial charge in [-0.2, -0.15) is 0 Å². The van der Waals surface area contributed by atoms with Gasteiger partial charge in [-0.1, -0.05) is 12.8 Å². The van der Waals surface area contributed by atoms with E-state index in [1.807, 2.05) is 0 Å². The van der Waals surface area contributed by atoms with Crippen molar-refractivity contribution in [2.24, 2.45) is 0 Å². The standard InChI is InChI=1S/C13H32O2Si3/c1-17(2,3)14-12-9-7-8-10-13(12,11-16)15-18(4,5)6/h12H,7-11H2,1-6,16H3. The van der Waals surface area contributed by atoms with Crippen LogP contribution in [0.3, 0.4) is 0 Å². The lowest BCUT2D eigenvalue weighted by Gasteiger charge is -2.48. The summed E-state index contributed by atoms with van der Waals surface area (Å²) in [5, 5.41) is 0. The van der Waals surface area contributed by atoms with Crippen LogP contribution in [0, 0.1) is 0 Å². The molecule has 0 N–H and O–H groups in total. The van der Waals surface area contributed by atoms with E-state index in [-0.39, 0.29) is 5.60 Å². The van der Waals surface area contributed by atoms with Gasteiger partial charge in [0.05, 0.1) is 11.7 Å². The zero-order valence-corrected chi connectivity index (χ0v) is 17.4. The molecule has 2 nitrogen and oxygen atoms in total. The zero-order chi connectivity index (χ0) is 14.0. The van der Waals surface area contributed by atoms with Crippen molar-refractivity contribution in [1.29, 1.82) is 0 Å². The third-order valence-corrected chi connectivity index (χ3v) is 6.71. The molecule has 0 aromatic heterocycles. The van der Waals surface area contributed by atoms with Gasteiger partial charge in [-0.3, -0.25) is 0 Å². The quantitative estimate of drug-likeness (QED) is 0.727. The fraction of sp³-hybridized carbons (Fsp3) is 1.00. The van der Waals surface area contributed by atoms with Crippen molar-refractivity contribution in [2.45, 2.75) is 82.7 Å². The Hall–Kier alpha value is 0.571. The minimum absolute atomic E-state index is 0.0647. The summed E-state index contributed by atoms with van der Waals surface area (Å²) in [6.45, 7) is 13.8. The number of rotatable bonds is 5. The number of hydrogen-bond donors (Lipinski definition) is 0. The molecule has 2 unspecified atom stereocenters. The average Bonchev–Trinajstić information content (AvgIpc) is 2.17. The maximum atomic E-state index is 6.64. The summed E-state index contributed by atoms with van der Waals surface area (Å²) >= 11 is 0. The molecule has 18 heavy (non-hydrogen) atoms. The first kappa shape index (κ1) is 16.6. The molecule has 0 bridgehead atoms. The Bertz CT molecular complexity index is 270. The normalized spacial score (nSPS) is 30.7. The first-order valence-electron chi connectivity index (χ1n) is 7.46. The highest BCUT2D eigenvalue weighted by atomic mass is 28.4. The first-order chi connectivity index (χ1) is 8.08. The van der Waals surface area contributed by atoms with Gasteiger partial charge in [-0.25, -0.2) is 0 Å². The molecule has 5 heteroatoms. The molecule has 2 atom stereocenters. The third-order valence-electron chi connectivity index (χ3n) is 3.51. The Kier molecular flexibility index (Phi) is 5.46. The molecule has 0 radical (unpaired) electrons. The fourth-order valence-corrected chi connectivity index (χ4v) is 7.00. The van der Waals surface area contributed by atoms with Gasteiger partial charge in [0.15, 0.2) is 16.6 Å². The van der Waals surface area contributed by atoms with Crippen LogP contribution in [0.25, 0.3) is 0 Å². The predicted octanol–water partition coefficient (Wildman–Crippen LogP) is 3.15. The highest BCUT2D eigenvalue weighted by Crippen LogP contribution is 2.39. The molecule has 108 valence electrons. The monoisotopic (exact) mass is 304 g/mol. The van der Waals surface area contributed by atoms with Crippen molar-refractivity contribution in [3.63, 3.8) is 0 Å². The van der Waals surface area contributed by atoms with E-state index in [0.29, 0.717) is 6.10 Å². The van der Waals surface area contributed by atoms with Crippen molar-refractivity contribution in [3.05, 3.63) is 0 Å². The predicted molar refractivity (Wildman–Crippen MR) is 88.6 cm³/mol. The van der Waals surface area contributed by atoms with Crippen LogP contribution in [0.2, 0.25) is 45.3 Å². The van der Waals surface area contributed by atoms with Gasteiger partial charge >= 0.3 is 0 Å². The van der Waals surface area contributed by atoms with Gasteiger partial charge in [0.1, 0.15) is 0 Å². The maximum Gasteiger partial charge on any atom is 0.184 e. The van der Waals surface area contributed by atoms with Crippen LogP contribution in [-0.4, -0.2) is 38.6 Å². The van der Waals surface area contributed by atoms with E-state index in [9.17, 15) is 0 Å². The summed E-state index contributed by atoms with van der Waals surface area (Å²) in [6.07, 6.45) is 5.42. The highest BCUT2D eigenvalue weighted by molar-refractivity contribution is 6.70. The summed E-state index contributed by atoms with van der Waals surface area (Å²) in [4.78, 5) is 0. The molecular formula is C13H32O2Si3. The third kappa shape index (κ3) is 4.92. The van der Waals surface area contributed by atoms with E-state index in [1.54, 1.807) is 0 Å². The second-order valence-electron chi connectivity index (χ2n) is 7.60. The van der Waals surface area contributed by atoms with E-state index >= 15 is 0 Å². The van der Waals surface area contributed by atoms with Crippen molar-refractivity contribution in [1.82, 2.24) is 0 Å². The molecule has 1 saturated carbocycles. The lowest BCUT2D eigenvalue weighted by atomic mass is 9.84. The molecule has 1 aliphatic carbocycles.